The van der Waals surface area contributed by atoms with Crippen molar-refractivity contribution in [3.63, 3.8) is 0 Å². The van der Waals surface area contributed by atoms with E-state index in [1.807, 2.05) is 12.1 Å². The van der Waals surface area contributed by atoms with Gasteiger partial charge in [-0.05, 0) is 34.5 Å². The zero-order chi connectivity index (χ0) is 12.2. The van der Waals surface area contributed by atoms with Gasteiger partial charge in [0.25, 0.3) is 0 Å². The van der Waals surface area contributed by atoms with E-state index in [4.69, 9.17) is 16.3 Å². The van der Waals surface area contributed by atoms with Crippen LogP contribution in [0.4, 0.5) is 0 Å². The second-order valence-electron chi connectivity index (χ2n) is 3.38. The highest BCUT2D eigenvalue weighted by Crippen LogP contribution is 2.31. The van der Waals surface area contributed by atoms with Gasteiger partial charge in [0.2, 0.25) is 0 Å². The predicted octanol–water partition coefficient (Wildman–Crippen LogP) is 2.92. The fourth-order valence-corrected chi connectivity index (χ4v) is 2.27. The Kier molecular flexibility index (Phi) is 5.08. The Morgan fingerprint density at radius 1 is 1.44 bits per heavy atom. The molecule has 1 aromatic rings. The SMILES string of the molecule is CS(=O)(=O)CCCOc1cccc(Br)c1Cl. The van der Waals surface area contributed by atoms with E-state index in [1.165, 1.54) is 6.26 Å². The molecule has 0 aliphatic rings. The van der Waals surface area contributed by atoms with Crippen molar-refractivity contribution in [1.29, 1.82) is 0 Å². The average molecular weight is 328 g/mol. The van der Waals surface area contributed by atoms with E-state index in [0.29, 0.717) is 23.8 Å². The molecule has 0 atom stereocenters. The molecule has 0 N–H and O–H groups in total. The maximum absolute atomic E-state index is 10.9. The van der Waals surface area contributed by atoms with Crippen molar-refractivity contribution in [3.05, 3.63) is 27.7 Å². The second kappa shape index (κ2) is 5.89. The molecular formula is C10H12BrClO3S. The summed E-state index contributed by atoms with van der Waals surface area (Å²) in [6, 6.07) is 5.36. The van der Waals surface area contributed by atoms with E-state index >= 15 is 0 Å². The molecule has 3 nitrogen and oxygen atoms in total. The topological polar surface area (TPSA) is 43.4 Å². The van der Waals surface area contributed by atoms with Gasteiger partial charge in [0, 0.05) is 10.7 Å². The molecule has 0 saturated heterocycles. The number of rotatable bonds is 5. The highest BCUT2D eigenvalue weighted by Gasteiger charge is 2.06. The Morgan fingerprint density at radius 2 is 2.12 bits per heavy atom. The fourth-order valence-electron chi connectivity index (χ4n) is 1.10. The van der Waals surface area contributed by atoms with Gasteiger partial charge in [-0.2, -0.15) is 0 Å². The molecule has 0 aliphatic heterocycles. The molecule has 0 saturated carbocycles. The molecule has 0 amide bonds. The molecule has 0 aliphatic carbocycles. The van der Waals surface area contributed by atoms with Gasteiger partial charge in [0.15, 0.2) is 0 Å². The summed E-state index contributed by atoms with van der Waals surface area (Å²) in [6.07, 6.45) is 1.67. The molecule has 16 heavy (non-hydrogen) atoms. The van der Waals surface area contributed by atoms with Gasteiger partial charge in [0.1, 0.15) is 15.6 Å². The van der Waals surface area contributed by atoms with E-state index in [0.717, 1.165) is 4.47 Å². The van der Waals surface area contributed by atoms with Gasteiger partial charge in [-0.3, -0.25) is 0 Å². The zero-order valence-corrected chi connectivity index (χ0v) is 11.9. The third-order valence-corrected chi connectivity index (χ3v) is 4.14. The summed E-state index contributed by atoms with van der Waals surface area (Å²) in [7, 11) is -2.92. The molecule has 6 heteroatoms. The minimum absolute atomic E-state index is 0.124. The summed E-state index contributed by atoms with van der Waals surface area (Å²) in [5, 5.41) is 0.502. The highest BCUT2D eigenvalue weighted by molar-refractivity contribution is 9.10. The van der Waals surface area contributed by atoms with Crippen LogP contribution in [0.1, 0.15) is 6.42 Å². The van der Waals surface area contributed by atoms with Crippen LogP contribution in [0.3, 0.4) is 0 Å². The van der Waals surface area contributed by atoms with Crippen LogP contribution in [0.15, 0.2) is 22.7 Å². The Morgan fingerprint density at radius 3 is 2.75 bits per heavy atom. The van der Waals surface area contributed by atoms with Gasteiger partial charge in [0.05, 0.1) is 17.4 Å². The van der Waals surface area contributed by atoms with Crippen molar-refractivity contribution in [1.82, 2.24) is 0 Å². The number of hydrogen-bond donors (Lipinski definition) is 0. The lowest BCUT2D eigenvalue weighted by Crippen LogP contribution is -2.08. The van der Waals surface area contributed by atoms with Crippen LogP contribution in [0, 0.1) is 0 Å². The lowest BCUT2D eigenvalue weighted by Gasteiger charge is -2.08. The largest absolute Gasteiger partial charge is 0.492 e. The summed E-state index contributed by atoms with van der Waals surface area (Å²) in [5.41, 5.74) is 0. The van der Waals surface area contributed by atoms with Crippen molar-refractivity contribution in [2.24, 2.45) is 0 Å². The first-order chi connectivity index (χ1) is 7.40. The number of sulfone groups is 1. The molecule has 0 aromatic heterocycles. The van der Waals surface area contributed by atoms with Crippen LogP contribution in [-0.2, 0) is 9.84 Å². The van der Waals surface area contributed by atoms with Gasteiger partial charge in [-0.25, -0.2) is 8.42 Å². The molecule has 0 fully saturated rings. The highest BCUT2D eigenvalue weighted by atomic mass is 79.9. The Balaban J connectivity index is 2.47. The van der Waals surface area contributed by atoms with Crippen LogP contribution in [-0.4, -0.2) is 27.0 Å². The lowest BCUT2D eigenvalue weighted by molar-refractivity contribution is 0.318. The lowest BCUT2D eigenvalue weighted by atomic mass is 10.3. The molecular weight excluding hydrogens is 316 g/mol. The van der Waals surface area contributed by atoms with Crippen molar-refractivity contribution in [2.75, 3.05) is 18.6 Å². The third kappa shape index (κ3) is 4.72. The summed E-state index contributed by atoms with van der Waals surface area (Å²) < 4.78 is 27.9. The summed E-state index contributed by atoms with van der Waals surface area (Å²) in [5.74, 6) is 0.683. The molecule has 0 radical (unpaired) electrons. The van der Waals surface area contributed by atoms with Crippen LogP contribution in [0.5, 0.6) is 5.75 Å². The third-order valence-electron chi connectivity index (χ3n) is 1.83. The Hall–Kier alpha value is -0.260. The van der Waals surface area contributed by atoms with Gasteiger partial charge < -0.3 is 4.74 Å². The van der Waals surface area contributed by atoms with Gasteiger partial charge in [-0.1, -0.05) is 17.7 Å². The van der Waals surface area contributed by atoms with E-state index in [1.54, 1.807) is 6.07 Å². The molecule has 0 spiro atoms. The fraction of sp³-hybridized carbons (Fsp3) is 0.400. The molecule has 0 heterocycles. The monoisotopic (exact) mass is 326 g/mol. The first-order valence-electron chi connectivity index (χ1n) is 4.65. The van der Waals surface area contributed by atoms with Crippen LogP contribution in [0.2, 0.25) is 5.02 Å². The van der Waals surface area contributed by atoms with Crippen molar-refractivity contribution >= 4 is 37.4 Å². The molecule has 0 bridgehead atoms. The van der Waals surface area contributed by atoms with Gasteiger partial charge in [-0.15, -0.1) is 0 Å². The standard InChI is InChI=1S/C10H12BrClO3S/c1-16(13,14)7-3-6-15-9-5-2-4-8(11)10(9)12/h2,4-5H,3,6-7H2,1H3. The van der Waals surface area contributed by atoms with E-state index < -0.39 is 9.84 Å². The number of ether oxygens (including phenoxy) is 1. The van der Waals surface area contributed by atoms with Crippen molar-refractivity contribution < 1.29 is 13.2 Å². The molecule has 1 rings (SSSR count). The number of halogens is 2. The minimum Gasteiger partial charge on any atom is -0.492 e. The minimum atomic E-state index is -2.92. The van der Waals surface area contributed by atoms with E-state index in [-0.39, 0.29) is 5.75 Å². The van der Waals surface area contributed by atoms with Gasteiger partial charge >= 0.3 is 0 Å². The van der Waals surface area contributed by atoms with E-state index in [9.17, 15) is 8.42 Å². The molecule has 90 valence electrons. The predicted molar refractivity (Wildman–Crippen MR) is 69.0 cm³/mol. The average Bonchev–Trinajstić information content (AvgIpc) is 2.17. The van der Waals surface area contributed by atoms with Crippen molar-refractivity contribution in [2.45, 2.75) is 6.42 Å². The first kappa shape index (κ1) is 13.8. The summed E-state index contributed by atoms with van der Waals surface area (Å²) >= 11 is 9.25. The second-order valence-corrected chi connectivity index (χ2v) is 6.88. The van der Waals surface area contributed by atoms with Crippen LogP contribution < -0.4 is 4.74 Å². The van der Waals surface area contributed by atoms with Crippen LogP contribution >= 0.6 is 27.5 Å². The Bertz CT molecular complexity index is 459. The first-order valence-corrected chi connectivity index (χ1v) is 7.88. The number of benzene rings is 1. The maximum atomic E-state index is 10.9. The molecule has 1 aromatic carbocycles. The number of hydrogen-bond acceptors (Lipinski definition) is 3. The normalized spacial score (nSPS) is 11.4. The smallest absolute Gasteiger partial charge is 0.147 e. The van der Waals surface area contributed by atoms with Crippen LogP contribution in [0.25, 0.3) is 0 Å². The van der Waals surface area contributed by atoms with E-state index in [2.05, 4.69) is 15.9 Å². The summed E-state index contributed by atoms with van der Waals surface area (Å²) in [6.45, 7) is 0.337. The maximum Gasteiger partial charge on any atom is 0.147 e. The zero-order valence-electron chi connectivity index (χ0n) is 8.74. The molecule has 0 unspecified atom stereocenters. The summed E-state index contributed by atoms with van der Waals surface area (Å²) in [4.78, 5) is 0. The quantitative estimate of drug-likeness (QED) is 0.781. The van der Waals surface area contributed by atoms with Crippen molar-refractivity contribution in [3.8, 4) is 5.75 Å². The Labute approximate surface area is 109 Å².